The number of rotatable bonds is 2. The maximum absolute atomic E-state index is 4.10. The van der Waals surface area contributed by atoms with Crippen molar-refractivity contribution >= 4 is 37.7 Å². The van der Waals surface area contributed by atoms with Gasteiger partial charge in [0.2, 0.25) is 0 Å². The van der Waals surface area contributed by atoms with Crippen molar-refractivity contribution in [3.8, 4) is 0 Å². The van der Waals surface area contributed by atoms with E-state index in [0.29, 0.717) is 4.38 Å². The Labute approximate surface area is 68.8 Å². The van der Waals surface area contributed by atoms with Crippen LogP contribution in [-0.4, -0.2) is 18.6 Å². The number of hydrogen-bond acceptors (Lipinski definition) is 1. The summed E-state index contributed by atoms with van der Waals surface area (Å²) in [6.45, 7) is 6.79. The third-order valence-electron chi connectivity index (χ3n) is 0.695. The molecular weight excluding hydrogens is 166 g/mol. The standard InChI is InChI=1S/C5H13NS2Si/c1-9(2,3)4-6-5(7)8/h4H2,1-3H3,(H2,6,7,8). The van der Waals surface area contributed by atoms with Crippen molar-refractivity contribution in [3.05, 3.63) is 0 Å². The van der Waals surface area contributed by atoms with Crippen LogP contribution in [0, 0.1) is 0 Å². The first-order valence-corrected chi connectivity index (χ1v) is 7.44. The minimum Gasteiger partial charge on any atom is -0.276 e. The fraction of sp³-hybridized carbons (Fsp3) is 0.800. The summed E-state index contributed by atoms with van der Waals surface area (Å²) < 4.78 is 0.595. The van der Waals surface area contributed by atoms with E-state index in [4.69, 9.17) is 0 Å². The molecule has 0 saturated heterocycles. The van der Waals surface area contributed by atoms with Gasteiger partial charge in [-0.3, -0.25) is 4.99 Å². The summed E-state index contributed by atoms with van der Waals surface area (Å²) in [5.74, 6) is 0. The van der Waals surface area contributed by atoms with Gasteiger partial charge < -0.3 is 0 Å². The highest BCUT2D eigenvalue weighted by Gasteiger charge is 2.10. The fourth-order valence-corrected chi connectivity index (χ4v) is 1.35. The molecule has 0 amide bonds. The lowest BCUT2D eigenvalue weighted by Gasteiger charge is -2.10. The number of hydrogen-bond donors (Lipinski definition) is 2. The van der Waals surface area contributed by atoms with E-state index in [2.05, 4.69) is 49.9 Å². The molecule has 0 bridgehead atoms. The third-order valence-corrected chi connectivity index (χ3v) is 2.08. The summed E-state index contributed by atoms with van der Waals surface area (Å²) in [4.78, 5) is 4.10. The molecule has 4 heteroatoms. The van der Waals surface area contributed by atoms with E-state index in [1.54, 1.807) is 0 Å². The predicted octanol–water partition coefficient (Wildman–Crippen LogP) is 2.08. The molecule has 9 heavy (non-hydrogen) atoms. The highest BCUT2D eigenvalue weighted by atomic mass is 32.2. The minimum absolute atomic E-state index is 0.595. The molecule has 0 rings (SSSR count). The van der Waals surface area contributed by atoms with Crippen molar-refractivity contribution in [2.24, 2.45) is 4.99 Å². The molecule has 0 aliphatic rings. The van der Waals surface area contributed by atoms with E-state index in [-0.39, 0.29) is 0 Å². The smallest absolute Gasteiger partial charge is 0.118 e. The van der Waals surface area contributed by atoms with Crippen LogP contribution < -0.4 is 0 Å². The van der Waals surface area contributed by atoms with Crippen molar-refractivity contribution in [1.82, 2.24) is 0 Å². The normalized spacial score (nSPS) is 11.2. The molecule has 0 atom stereocenters. The van der Waals surface area contributed by atoms with Crippen LogP contribution in [0.1, 0.15) is 0 Å². The molecule has 0 N–H and O–H groups in total. The average molecular weight is 179 g/mol. The Morgan fingerprint density at radius 2 is 1.78 bits per heavy atom. The van der Waals surface area contributed by atoms with Gasteiger partial charge in [0.05, 0.1) is 8.07 Å². The molecule has 0 aliphatic carbocycles. The Balaban J connectivity index is 3.64. The Hall–Kier alpha value is 0.587. The van der Waals surface area contributed by atoms with Crippen LogP contribution in [-0.2, 0) is 0 Å². The van der Waals surface area contributed by atoms with Crippen LogP contribution in [0.2, 0.25) is 19.6 Å². The largest absolute Gasteiger partial charge is 0.276 e. The average Bonchev–Trinajstić information content (AvgIpc) is 1.59. The van der Waals surface area contributed by atoms with Crippen molar-refractivity contribution < 1.29 is 0 Å². The molecule has 0 spiro atoms. The topological polar surface area (TPSA) is 12.4 Å². The molecule has 0 saturated carbocycles. The van der Waals surface area contributed by atoms with Gasteiger partial charge in [0.25, 0.3) is 0 Å². The number of nitrogens with zero attached hydrogens (tertiary/aromatic N) is 1. The zero-order valence-electron chi connectivity index (χ0n) is 6.05. The van der Waals surface area contributed by atoms with Crippen LogP contribution in [0.4, 0.5) is 0 Å². The zero-order valence-corrected chi connectivity index (χ0v) is 8.84. The van der Waals surface area contributed by atoms with Crippen LogP contribution in [0.5, 0.6) is 0 Å². The summed E-state index contributed by atoms with van der Waals surface area (Å²) in [6, 6.07) is 0. The highest BCUT2D eigenvalue weighted by Crippen LogP contribution is 2.01. The van der Waals surface area contributed by atoms with E-state index in [1.807, 2.05) is 0 Å². The van der Waals surface area contributed by atoms with Crippen molar-refractivity contribution in [2.45, 2.75) is 19.6 Å². The van der Waals surface area contributed by atoms with Crippen molar-refractivity contribution in [3.63, 3.8) is 0 Å². The molecule has 0 radical (unpaired) electrons. The third kappa shape index (κ3) is 8.59. The molecule has 0 fully saturated rings. The Bertz CT molecular complexity index is 113. The van der Waals surface area contributed by atoms with E-state index in [1.165, 1.54) is 0 Å². The maximum atomic E-state index is 4.10. The molecule has 1 nitrogen and oxygen atoms in total. The zero-order chi connectivity index (χ0) is 7.49. The lowest BCUT2D eigenvalue weighted by Crippen LogP contribution is -2.24. The molecule has 0 unspecified atom stereocenters. The maximum Gasteiger partial charge on any atom is 0.118 e. The van der Waals surface area contributed by atoms with Crippen molar-refractivity contribution in [1.29, 1.82) is 0 Å². The molecule has 54 valence electrons. The first-order valence-electron chi connectivity index (χ1n) is 2.84. The summed E-state index contributed by atoms with van der Waals surface area (Å²) in [7, 11) is -1.01. The molecule has 0 aromatic carbocycles. The monoisotopic (exact) mass is 179 g/mol. The summed E-state index contributed by atoms with van der Waals surface area (Å²) in [5, 5.41) is 0. The SMILES string of the molecule is C[Si](C)(C)CN=C(S)S. The van der Waals surface area contributed by atoms with Crippen LogP contribution in [0.3, 0.4) is 0 Å². The van der Waals surface area contributed by atoms with Gasteiger partial charge in [0.15, 0.2) is 0 Å². The Morgan fingerprint density at radius 3 is 1.89 bits per heavy atom. The van der Waals surface area contributed by atoms with Crippen molar-refractivity contribution in [2.75, 3.05) is 6.17 Å². The summed E-state index contributed by atoms with van der Waals surface area (Å²) in [5.41, 5.74) is 0. The van der Waals surface area contributed by atoms with E-state index in [9.17, 15) is 0 Å². The summed E-state index contributed by atoms with van der Waals surface area (Å²) >= 11 is 7.89. The second-order valence-electron chi connectivity index (χ2n) is 3.18. The van der Waals surface area contributed by atoms with E-state index < -0.39 is 8.07 Å². The molecule has 0 aromatic rings. The van der Waals surface area contributed by atoms with Gasteiger partial charge in [0.1, 0.15) is 4.38 Å². The van der Waals surface area contributed by atoms with Gasteiger partial charge in [-0.2, -0.15) is 0 Å². The number of thiol groups is 2. The second-order valence-corrected chi connectivity index (χ2v) is 9.81. The Morgan fingerprint density at radius 1 is 1.33 bits per heavy atom. The van der Waals surface area contributed by atoms with E-state index in [0.717, 1.165) is 6.17 Å². The van der Waals surface area contributed by atoms with E-state index >= 15 is 0 Å². The van der Waals surface area contributed by atoms with Gasteiger partial charge in [-0.25, -0.2) is 0 Å². The summed E-state index contributed by atoms with van der Waals surface area (Å²) in [6.07, 6.45) is 0.926. The van der Waals surface area contributed by atoms with Gasteiger partial charge in [-0.05, 0) is 0 Å². The highest BCUT2D eigenvalue weighted by molar-refractivity contribution is 8.23. The van der Waals surface area contributed by atoms with Crippen LogP contribution in [0.25, 0.3) is 0 Å². The molecule has 0 aliphatic heterocycles. The lowest BCUT2D eigenvalue weighted by molar-refractivity contribution is 1.30. The number of aliphatic imine (C=N–C) groups is 1. The Kier molecular flexibility index (Phi) is 3.92. The predicted molar refractivity (Wildman–Crippen MR) is 53.6 cm³/mol. The first-order chi connectivity index (χ1) is 3.92. The van der Waals surface area contributed by atoms with Crippen LogP contribution >= 0.6 is 25.3 Å². The quantitative estimate of drug-likeness (QED) is 0.279. The fourth-order valence-electron chi connectivity index (χ4n) is 0.308. The first kappa shape index (κ1) is 9.59. The molecule has 0 heterocycles. The molecular formula is C5H13NS2Si. The lowest BCUT2D eigenvalue weighted by atomic mass is 11.4. The second kappa shape index (κ2) is 3.68. The van der Waals surface area contributed by atoms with Gasteiger partial charge in [0, 0.05) is 6.17 Å². The van der Waals surface area contributed by atoms with Gasteiger partial charge in [-0.15, -0.1) is 25.3 Å². The minimum atomic E-state index is -1.01. The van der Waals surface area contributed by atoms with Crippen LogP contribution in [0.15, 0.2) is 4.99 Å². The molecule has 0 aromatic heterocycles. The van der Waals surface area contributed by atoms with Gasteiger partial charge in [-0.1, -0.05) is 19.6 Å². The van der Waals surface area contributed by atoms with Gasteiger partial charge >= 0.3 is 0 Å².